The van der Waals surface area contributed by atoms with Gasteiger partial charge in [0.15, 0.2) is 0 Å². The average Bonchev–Trinajstić information content (AvgIpc) is 2.56. The lowest BCUT2D eigenvalue weighted by Gasteiger charge is -2.31. The van der Waals surface area contributed by atoms with E-state index in [9.17, 15) is 0 Å². The molecule has 0 aliphatic carbocycles. The van der Waals surface area contributed by atoms with E-state index in [1.807, 2.05) is 0 Å². The number of fused-ring (bicyclic) bond motifs is 1. The van der Waals surface area contributed by atoms with Crippen molar-refractivity contribution in [1.82, 2.24) is 5.32 Å². The number of anilines is 2. The fourth-order valence-electron chi connectivity index (χ4n) is 2.92. The van der Waals surface area contributed by atoms with Crippen LogP contribution in [0.3, 0.4) is 0 Å². The lowest BCUT2D eigenvalue weighted by molar-refractivity contribution is 0.108. The number of nitrogens with one attached hydrogen (secondary N) is 1. The summed E-state index contributed by atoms with van der Waals surface area (Å²) in [6, 6.07) is 6.61. The third-order valence-electron chi connectivity index (χ3n) is 4.27. The van der Waals surface area contributed by atoms with E-state index in [0.717, 1.165) is 44.9 Å². The second-order valence-electron chi connectivity index (χ2n) is 6.42. The largest absolute Gasteiger partial charge is 0.486 e. The molecule has 1 saturated heterocycles. The predicted molar refractivity (Wildman–Crippen MR) is 84.1 cm³/mol. The van der Waals surface area contributed by atoms with Crippen LogP contribution in [-0.2, 0) is 0 Å². The van der Waals surface area contributed by atoms with E-state index in [0.29, 0.717) is 0 Å². The van der Waals surface area contributed by atoms with E-state index < -0.39 is 0 Å². The normalized spacial score (nSPS) is 21.9. The molecule has 2 aliphatic rings. The number of nitrogens with zero attached hydrogens (tertiary/aromatic N) is 2. The summed E-state index contributed by atoms with van der Waals surface area (Å²) in [6.07, 6.45) is 1.04. The highest BCUT2D eigenvalue weighted by Gasteiger charge is 2.27. The van der Waals surface area contributed by atoms with Crippen LogP contribution >= 0.6 is 0 Å². The topological polar surface area (TPSA) is 27.7 Å². The summed E-state index contributed by atoms with van der Waals surface area (Å²) in [4.78, 5) is 4.76. The summed E-state index contributed by atoms with van der Waals surface area (Å²) >= 11 is 0. The maximum atomic E-state index is 6.18. The number of benzene rings is 1. The molecule has 110 valence electrons. The first kappa shape index (κ1) is 13.6. The van der Waals surface area contributed by atoms with Gasteiger partial charge in [-0.05, 0) is 32.0 Å². The van der Waals surface area contributed by atoms with Crippen LogP contribution in [0.4, 0.5) is 11.4 Å². The fraction of sp³-hybridized carbons (Fsp3) is 0.625. The Hall–Kier alpha value is -1.42. The molecule has 3 rings (SSSR count). The molecule has 1 aromatic rings. The molecule has 0 radical (unpaired) electrons. The lowest BCUT2D eigenvalue weighted by atomic mass is 10.1. The van der Waals surface area contributed by atoms with Gasteiger partial charge in [0.2, 0.25) is 0 Å². The van der Waals surface area contributed by atoms with Crippen LogP contribution in [0.2, 0.25) is 0 Å². The van der Waals surface area contributed by atoms with Crippen molar-refractivity contribution in [3.8, 4) is 5.75 Å². The summed E-state index contributed by atoms with van der Waals surface area (Å²) in [5.41, 5.74) is 2.43. The lowest BCUT2D eigenvalue weighted by Crippen LogP contribution is -2.43. The Labute approximate surface area is 121 Å². The summed E-state index contributed by atoms with van der Waals surface area (Å²) in [6.45, 7) is 9.65. The third kappa shape index (κ3) is 2.70. The predicted octanol–water partition coefficient (Wildman–Crippen LogP) is 2.09. The van der Waals surface area contributed by atoms with Crippen molar-refractivity contribution >= 4 is 11.4 Å². The van der Waals surface area contributed by atoms with Crippen LogP contribution in [-0.4, -0.2) is 45.4 Å². The van der Waals surface area contributed by atoms with Crippen LogP contribution < -0.4 is 19.9 Å². The highest BCUT2D eigenvalue weighted by molar-refractivity contribution is 5.67. The summed E-state index contributed by atoms with van der Waals surface area (Å²) < 4.78 is 6.18. The summed E-state index contributed by atoms with van der Waals surface area (Å²) in [7, 11) is 2.16. The second kappa shape index (κ2) is 5.17. The minimum absolute atomic E-state index is 0.0872. The van der Waals surface area contributed by atoms with Gasteiger partial charge in [0.1, 0.15) is 11.4 Å². The molecule has 1 aromatic carbocycles. The first-order valence-electron chi connectivity index (χ1n) is 7.55. The molecular weight excluding hydrogens is 250 g/mol. The zero-order valence-corrected chi connectivity index (χ0v) is 12.8. The first-order valence-corrected chi connectivity index (χ1v) is 7.55. The minimum Gasteiger partial charge on any atom is -0.486 e. The zero-order chi connectivity index (χ0) is 14.2. The number of hydrogen-bond acceptors (Lipinski definition) is 4. The maximum Gasteiger partial charge on any atom is 0.143 e. The highest BCUT2D eigenvalue weighted by atomic mass is 16.5. The second-order valence-corrected chi connectivity index (χ2v) is 6.42. The molecule has 0 unspecified atom stereocenters. The van der Waals surface area contributed by atoms with Gasteiger partial charge in [-0.25, -0.2) is 0 Å². The van der Waals surface area contributed by atoms with Gasteiger partial charge in [-0.3, -0.25) is 0 Å². The van der Waals surface area contributed by atoms with E-state index >= 15 is 0 Å². The molecular formula is C16H25N3O. The van der Waals surface area contributed by atoms with Gasteiger partial charge in [-0.2, -0.15) is 0 Å². The molecule has 0 bridgehead atoms. The van der Waals surface area contributed by atoms with E-state index in [-0.39, 0.29) is 5.60 Å². The maximum absolute atomic E-state index is 6.18. The zero-order valence-electron chi connectivity index (χ0n) is 12.8. The molecule has 0 atom stereocenters. The number of ether oxygens (including phenoxy) is 1. The third-order valence-corrected chi connectivity index (χ3v) is 4.27. The summed E-state index contributed by atoms with van der Waals surface area (Å²) in [5, 5.41) is 3.40. The van der Waals surface area contributed by atoms with Gasteiger partial charge in [-0.1, -0.05) is 0 Å². The number of hydrogen-bond donors (Lipinski definition) is 1. The van der Waals surface area contributed by atoms with Crippen molar-refractivity contribution in [2.24, 2.45) is 0 Å². The van der Waals surface area contributed by atoms with Gasteiger partial charge in [-0.15, -0.1) is 0 Å². The first-order chi connectivity index (χ1) is 9.55. The van der Waals surface area contributed by atoms with Gasteiger partial charge >= 0.3 is 0 Å². The Morgan fingerprint density at radius 1 is 1.15 bits per heavy atom. The van der Waals surface area contributed by atoms with Gasteiger partial charge in [0.25, 0.3) is 0 Å². The molecule has 4 heteroatoms. The molecule has 0 amide bonds. The van der Waals surface area contributed by atoms with Gasteiger partial charge in [0.05, 0.1) is 5.69 Å². The number of rotatable bonds is 1. The van der Waals surface area contributed by atoms with Crippen molar-refractivity contribution in [1.29, 1.82) is 0 Å². The van der Waals surface area contributed by atoms with Crippen molar-refractivity contribution in [2.45, 2.75) is 25.9 Å². The van der Waals surface area contributed by atoms with Crippen LogP contribution in [0.1, 0.15) is 20.3 Å². The molecule has 1 N–H and O–H groups in total. The fourth-order valence-corrected chi connectivity index (χ4v) is 2.92. The molecule has 4 nitrogen and oxygen atoms in total. The molecule has 0 spiro atoms. The standard InChI is InChI=1S/C16H25N3O/c1-16(2)6-9-18(3)14-12-13(4-5-15(14)20-16)19-10-7-17-8-11-19/h4-5,12,17H,6-11H2,1-3H3. The molecule has 0 aromatic heterocycles. The van der Waals surface area contributed by atoms with Crippen LogP contribution in [0.5, 0.6) is 5.75 Å². The van der Waals surface area contributed by atoms with Crippen LogP contribution in [0.15, 0.2) is 18.2 Å². The van der Waals surface area contributed by atoms with Gasteiger partial charge < -0.3 is 19.9 Å². The highest BCUT2D eigenvalue weighted by Crippen LogP contribution is 2.37. The minimum atomic E-state index is -0.0872. The Morgan fingerprint density at radius 3 is 2.65 bits per heavy atom. The summed E-state index contributed by atoms with van der Waals surface area (Å²) in [5.74, 6) is 1.01. The van der Waals surface area contributed by atoms with Crippen molar-refractivity contribution < 1.29 is 4.74 Å². The van der Waals surface area contributed by atoms with E-state index in [1.54, 1.807) is 0 Å². The Bertz CT molecular complexity index is 481. The molecule has 1 fully saturated rings. The van der Waals surface area contributed by atoms with Crippen LogP contribution in [0.25, 0.3) is 0 Å². The average molecular weight is 275 g/mol. The van der Waals surface area contributed by atoms with Crippen LogP contribution in [0, 0.1) is 0 Å². The van der Waals surface area contributed by atoms with Crippen molar-refractivity contribution in [3.63, 3.8) is 0 Å². The molecule has 2 heterocycles. The van der Waals surface area contributed by atoms with E-state index in [4.69, 9.17) is 4.74 Å². The molecule has 2 aliphatic heterocycles. The van der Waals surface area contributed by atoms with Crippen molar-refractivity contribution in [2.75, 3.05) is 49.6 Å². The van der Waals surface area contributed by atoms with Crippen molar-refractivity contribution in [3.05, 3.63) is 18.2 Å². The Kier molecular flexibility index (Phi) is 3.50. The van der Waals surface area contributed by atoms with E-state index in [1.165, 1.54) is 11.4 Å². The quantitative estimate of drug-likeness (QED) is 0.849. The molecule has 0 saturated carbocycles. The Morgan fingerprint density at radius 2 is 1.90 bits per heavy atom. The monoisotopic (exact) mass is 275 g/mol. The van der Waals surface area contributed by atoms with Gasteiger partial charge in [0, 0.05) is 51.9 Å². The number of piperazine rings is 1. The Balaban J connectivity index is 1.91. The molecule has 20 heavy (non-hydrogen) atoms. The smallest absolute Gasteiger partial charge is 0.143 e. The van der Waals surface area contributed by atoms with E-state index in [2.05, 4.69) is 54.2 Å². The SMILES string of the molecule is CN1CCC(C)(C)Oc2ccc(N3CCNCC3)cc21.